The lowest BCUT2D eigenvalue weighted by Crippen LogP contribution is -2.31. The third-order valence-electron chi connectivity index (χ3n) is 4.69. The van der Waals surface area contributed by atoms with E-state index in [2.05, 4.69) is 0 Å². The smallest absolute Gasteiger partial charge is 0.335 e. The van der Waals surface area contributed by atoms with Crippen LogP contribution >= 0.6 is 0 Å². The molecule has 1 aliphatic carbocycles. The van der Waals surface area contributed by atoms with E-state index in [1.807, 2.05) is 13.8 Å². The number of allylic oxidation sites excluding steroid dienone is 2. The molecule has 2 amide bonds. The highest BCUT2D eigenvalue weighted by molar-refractivity contribution is 6.22. The van der Waals surface area contributed by atoms with Gasteiger partial charge in [-0.15, -0.1) is 0 Å². The normalized spacial score (nSPS) is 24.7. The number of aromatic carboxylic acids is 1. The van der Waals surface area contributed by atoms with Crippen LogP contribution in [-0.4, -0.2) is 22.9 Å². The highest BCUT2D eigenvalue weighted by Crippen LogP contribution is 2.42. The Labute approximate surface area is 128 Å². The zero-order chi connectivity index (χ0) is 16.0. The number of nitrogens with zero attached hydrogens (tertiary/aromatic N) is 1. The molecule has 0 saturated carbocycles. The second-order valence-corrected chi connectivity index (χ2v) is 6.05. The molecule has 0 unspecified atom stereocenters. The SMILES string of the molecule is CC1=C(C)C[C@H]2C(=O)N(c3cccc(C(=O)O)c3)C(=O)[C@@H]2C1. The number of fused-ring (bicyclic) bond motifs is 1. The Kier molecular flexibility index (Phi) is 3.35. The average molecular weight is 299 g/mol. The largest absolute Gasteiger partial charge is 0.478 e. The fraction of sp³-hybridized carbons (Fsp3) is 0.353. The minimum atomic E-state index is -1.08. The van der Waals surface area contributed by atoms with Crippen molar-refractivity contribution in [2.75, 3.05) is 4.90 Å². The summed E-state index contributed by atoms with van der Waals surface area (Å²) in [6.45, 7) is 3.99. The molecule has 5 heteroatoms. The van der Waals surface area contributed by atoms with Crippen molar-refractivity contribution in [3.63, 3.8) is 0 Å². The summed E-state index contributed by atoms with van der Waals surface area (Å²) in [5.74, 6) is -2.14. The first-order valence-electron chi connectivity index (χ1n) is 7.26. The molecule has 5 nitrogen and oxygen atoms in total. The maximum atomic E-state index is 12.6. The second-order valence-electron chi connectivity index (χ2n) is 6.05. The van der Waals surface area contributed by atoms with E-state index in [0.29, 0.717) is 18.5 Å². The van der Waals surface area contributed by atoms with Gasteiger partial charge in [0.05, 0.1) is 23.1 Å². The molecular weight excluding hydrogens is 282 g/mol. The molecular formula is C17H17NO4. The lowest BCUT2D eigenvalue weighted by molar-refractivity contribution is -0.122. The third-order valence-corrected chi connectivity index (χ3v) is 4.69. The van der Waals surface area contributed by atoms with Gasteiger partial charge < -0.3 is 5.11 Å². The maximum Gasteiger partial charge on any atom is 0.335 e. The summed E-state index contributed by atoms with van der Waals surface area (Å²) in [6.07, 6.45) is 1.21. The van der Waals surface area contributed by atoms with Crippen LogP contribution in [0.3, 0.4) is 0 Å². The van der Waals surface area contributed by atoms with Gasteiger partial charge >= 0.3 is 5.97 Å². The minimum absolute atomic E-state index is 0.0680. The van der Waals surface area contributed by atoms with Gasteiger partial charge in [-0.1, -0.05) is 17.2 Å². The highest BCUT2D eigenvalue weighted by atomic mass is 16.4. The summed E-state index contributed by atoms with van der Waals surface area (Å²) in [6, 6.07) is 5.98. The monoisotopic (exact) mass is 299 g/mol. The molecule has 1 fully saturated rings. The van der Waals surface area contributed by atoms with Crippen LogP contribution < -0.4 is 4.90 Å². The lowest BCUT2D eigenvalue weighted by atomic mass is 9.78. The lowest BCUT2D eigenvalue weighted by Gasteiger charge is -2.23. The van der Waals surface area contributed by atoms with E-state index in [1.165, 1.54) is 23.3 Å². The van der Waals surface area contributed by atoms with Crippen LogP contribution in [0.25, 0.3) is 0 Å². The van der Waals surface area contributed by atoms with Crippen LogP contribution in [0.2, 0.25) is 0 Å². The van der Waals surface area contributed by atoms with Crippen molar-refractivity contribution < 1.29 is 19.5 Å². The van der Waals surface area contributed by atoms with E-state index in [4.69, 9.17) is 5.11 Å². The Balaban J connectivity index is 1.97. The zero-order valence-corrected chi connectivity index (χ0v) is 12.5. The Morgan fingerprint density at radius 3 is 2.14 bits per heavy atom. The van der Waals surface area contributed by atoms with Gasteiger partial charge in [-0.3, -0.25) is 14.5 Å². The Hall–Kier alpha value is -2.43. The van der Waals surface area contributed by atoms with Crippen molar-refractivity contribution in [2.45, 2.75) is 26.7 Å². The summed E-state index contributed by atoms with van der Waals surface area (Å²) < 4.78 is 0. The standard InChI is InChI=1S/C17H17NO4/c1-9-6-13-14(7-10(9)2)16(20)18(15(13)19)12-5-3-4-11(8-12)17(21)22/h3-5,8,13-14H,6-7H2,1-2H3,(H,21,22)/t13-,14-/m1/s1. The predicted molar refractivity (Wildman–Crippen MR) is 80.5 cm³/mol. The maximum absolute atomic E-state index is 12.6. The number of anilines is 1. The fourth-order valence-electron chi connectivity index (χ4n) is 3.28. The van der Waals surface area contributed by atoms with E-state index < -0.39 is 5.97 Å². The molecule has 3 rings (SSSR count). The van der Waals surface area contributed by atoms with E-state index in [-0.39, 0.29) is 29.2 Å². The summed E-state index contributed by atoms with van der Waals surface area (Å²) in [4.78, 5) is 37.5. The molecule has 0 aromatic heterocycles. The van der Waals surface area contributed by atoms with Gasteiger partial charge in [0.15, 0.2) is 0 Å². The molecule has 1 aromatic rings. The number of hydrogen-bond acceptors (Lipinski definition) is 3. The van der Waals surface area contributed by atoms with E-state index in [0.717, 1.165) is 4.90 Å². The number of carboxylic acids is 1. The number of carboxylic acid groups (broad SMARTS) is 1. The van der Waals surface area contributed by atoms with Gasteiger partial charge in [-0.25, -0.2) is 4.79 Å². The number of carbonyl (C=O) groups is 3. The Morgan fingerprint density at radius 1 is 1.09 bits per heavy atom. The summed E-state index contributed by atoms with van der Waals surface area (Å²) >= 11 is 0. The zero-order valence-electron chi connectivity index (χ0n) is 12.5. The second kappa shape index (κ2) is 5.09. The van der Waals surface area contributed by atoms with Crippen molar-refractivity contribution in [3.05, 3.63) is 41.0 Å². The molecule has 0 spiro atoms. The van der Waals surface area contributed by atoms with Crippen LogP contribution in [0.4, 0.5) is 5.69 Å². The van der Waals surface area contributed by atoms with Crippen molar-refractivity contribution in [1.29, 1.82) is 0 Å². The van der Waals surface area contributed by atoms with Gasteiger partial charge in [-0.2, -0.15) is 0 Å². The van der Waals surface area contributed by atoms with Crippen molar-refractivity contribution >= 4 is 23.5 Å². The number of benzene rings is 1. The average Bonchev–Trinajstić information content (AvgIpc) is 2.71. The van der Waals surface area contributed by atoms with Crippen molar-refractivity contribution in [2.24, 2.45) is 11.8 Å². The molecule has 1 heterocycles. The number of amides is 2. The Bertz CT molecular complexity index is 687. The first-order chi connectivity index (χ1) is 10.4. The number of carbonyl (C=O) groups excluding carboxylic acids is 2. The first-order valence-corrected chi connectivity index (χ1v) is 7.26. The predicted octanol–water partition coefficient (Wildman–Crippen LogP) is 2.62. The summed E-state index contributed by atoms with van der Waals surface area (Å²) in [5, 5.41) is 9.06. The number of rotatable bonds is 2. The molecule has 1 aliphatic heterocycles. The van der Waals surface area contributed by atoms with Crippen LogP contribution in [0.15, 0.2) is 35.4 Å². The molecule has 22 heavy (non-hydrogen) atoms. The molecule has 0 bridgehead atoms. The minimum Gasteiger partial charge on any atom is -0.478 e. The van der Waals surface area contributed by atoms with Crippen LogP contribution in [0, 0.1) is 11.8 Å². The van der Waals surface area contributed by atoms with E-state index >= 15 is 0 Å². The number of imide groups is 1. The first kappa shape index (κ1) is 14.5. The van der Waals surface area contributed by atoms with Crippen molar-refractivity contribution in [3.8, 4) is 0 Å². The molecule has 114 valence electrons. The molecule has 1 saturated heterocycles. The van der Waals surface area contributed by atoms with Crippen LogP contribution in [-0.2, 0) is 9.59 Å². The van der Waals surface area contributed by atoms with Gasteiger partial charge in [-0.05, 0) is 44.9 Å². The van der Waals surface area contributed by atoms with E-state index in [9.17, 15) is 14.4 Å². The summed E-state index contributed by atoms with van der Waals surface area (Å²) in [5.41, 5.74) is 2.75. The molecule has 0 radical (unpaired) electrons. The topological polar surface area (TPSA) is 74.7 Å². The quantitative estimate of drug-likeness (QED) is 0.673. The van der Waals surface area contributed by atoms with Crippen LogP contribution in [0.5, 0.6) is 0 Å². The molecule has 1 N–H and O–H groups in total. The Morgan fingerprint density at radius 2 is 1.64 bits per heavy atom. The van der Waals surface area contributed by atoms with Gasteiger partial charge in [0.2, 0.25) is 11.8 Å². The number of hydrogen-bond donors (Lipinski definition) is 1. The van der Waals surface area contributed by atoms with Crippen LogP contribution in [0.1, 0.15) is 37.0 Å². The molecule has 1 aromatic carbocycles. The highest BCUT2D eigenvalue weighted by Gasteiger charge is 2.49. The molecule has 2 atom stereocenters. The van der Waals surface area contributed by atoms with Gasteiger partial charge in [0.25, 0.3) is 0 Å². The van der Waals surface area contributed by atoms with Gasteiger partial charge in [0.1, 0.15) is 0 Å². The van der Waals surface area contributed by atoms with Crippen molar-refractivity contribution in [1.82, 2.24) is 0 Å². The molecule has 2 aliphatic rings. The third kappa shape index (κ3) is 2.13. The fourth-order valence-corrected chi connectivity index (χ4v) is 3.28. The summed E-state index contributed by atoms with van der Waals surface area (Å²) in [7, 11) is 0. The van der Waals surface area contributed by atoms with Gasteiger partial charge in [0, 0.05) is 0 Å². The van der Waals surface area contributed by atoms with E-state index in [1.54, 1.807) is 12.1 Å².